The molecule has 2 aliphatic rings. The molecule has 3 aromatic rings. The van der Waals surface area contributed by atoms with E-state index in [2.05, 4.69) is 27.2 Å². The number of nitrogens with two attached hydrogens (primary N) is 2. The van der Waals surface area contributed by atoms with Crippen LogP contribution in [0.2, 0.25) is 0 Å². The first-order chi connectivity index (χ1) is 15.9. The first-order valence-electron chi connectivity index (χ1n) is 10.7. The zero-order valence-corrected chi connectivity index (χ0v) is 17.9. The first-order valence-corrected chi connectivity index (χ1v) is 10.7. The predicted molar refractivity (Wildman–Crippen MR) is 116 cm³/mol. The van der Waals surface area contributed by atoms with Gasteiger partial charge in [-0.25, -0.2) is 18.4 Å². The molecule has 0 spiro atoms. The number of carbonyl (C=O) groups is 1. The molecule has 1 aliphatic heterocycles. The number of nitrogens with one attached hydrogen (secondary N) is 1. The quantitative estimate of drug-likeness (QED) is 0.501. The van der Waals surface area contributed by atoms with Gasteiger partial charge in [0.25, 0.3) is 5.91 Å². The average Bonchev–Trinajstić information content (AvgIpc) is 3.20. The lowest BCUT2D eigenvalue weighted by atomic mass is 10.1. The van der Waals surface area contributed by atoms with E-state index in [0.717, 1.165) is 12.8 Å². The van der Waals surface area contributed by atoms with Crippen LogP contribution in [0.3, 0.4) is 0 Å². The first kappa shape index (κ1) is 21.4. The molecule has 1 saturated heterocycles. The molecule has 172 valence electrons. The number of nitrogen functional groups attached to an aromatic ring is 1. The lowest BCUT2D eigenvalue weighted by Gasteiger charge is -2.12. The number of halogens is 2. The van der Waals surface area contributed by atoms with E-state index in [1.807, 2.05) is 0 Å². The lowest BCUT2D eigenvalue weighted by Crippen LogP contribution is -2.25. The number of fused-ring (bicyclic) bond motifs is 1. The Labute approximate surface area is 188 Å². The Morgan fingerprint density at radius 1 is 1.33 bits per heavy atom. The Morgan fingerprint density at radius 3 is 2.82 bits per heavy atom. The number of hydrogen-bond acceptors (Lipinski definition) is 6. The average molecular weight is 455 g/mol. The van der Waals surface area contributed by atoms with Crippen LogP contribution >= 0.6 is 0 Å². The van der Waals surface area contributed by atoms with E-state index < -0.39 is 23.1 Å². The highest BCUT2D eigenvalue weighted by molar-refractivity contribution is 5.99. The molecule has 2 atom stereocenters. The maximum atomic E-state index is 15.1. The standard InChI is InChI=1S/C22H23F2N7O2/c1-33-9-11-6-13(8-27-11)31-21(25)18(22(26)32)16(29-31)5-4-14-15(23)7-17-20(19(14)24)28-10-30(17)12-2-3-12/h7,10-13,27H,2-3,6,8-9,25H2,1H3,(H2,26,32)/t11-,13+/m1/s1. The summed E-state index contributed by atoms with van der Waals surface area (Å²) in [5, 5.41) is 7.65. The summed E-state index contributed by atoms with van der Waals surface area (Å²) >= 11 is 0. The molecule has 3 heterocycles. The van der Waals surface area contributed by atoms with Gasteiger partial charge in [-0.3, -0.25) is 4.79 Å². The molecule has 5 rings (SSSR count). The Balaban J connectivity index is 1.52. The molecule has 0 unspecified atom stereocenters. The Kier molecular flexibility index (Phi) is 5.26. The van der Waals surface area contributed by atoms with E-state index in [0.29, 0.717) is 25.1 Å². The monoisotopic (exact) mass is 455 g/mol. The van der Waals surface area contributed by atoms with Crippen molar-refractivity contribution in [1.29, 1.82) is 0 Å². The number of methoxy groups -OCH3 is 1. The molecule has 5 N–H and O–H groups in total. The summed E-state index contributed by atoms with van der Waals surface area (Å²) in [7, 11) is 1.61. The van der Waals surface area contributed by atoms with Crippen molar-refractivity contribution in [1.82, 2.24) is 24.6 Å². The largest absolute Gasteiger partial charge is 0.383 e. The van der Waals surface area contributed by atoms with Crippen molar-refractivity contribution in [3.05, 3.63) is 40.8 Å². The molecule has 9 nitrogen and oxygen atoms in total. The summed E-state index contributed by atoms with van der Waals surface area (Å²) < 4.78 is 38.3. The van der Waals surface area contributed by atoms with Gasteiger partial charge in [0.1, 0.15) is 22.7 Å². The summed E-state index contributed by atoms with van der Waals surface area (Å²) in [6.07, 6.45) is 4.11. The van der Waals surface area contributed by atoms with Crippen molar-refractivity contribution in [2.75, 3.05) is 26.0 Å². The van der Waals surface area contributed by atoms with Gasteiger partial charge in [-0.15, -0.1) is 0 Å². The molecule has 0 radical (unpaired) electrons. The number of hydrogen-bond donors (Lipinski definition) is 3. The number of imidazole rings is 1. The second-order valence-electron chi connectivity index (χ2n) is 8.42. The molecule has 1 aliphatic carbocycles. The highest BCUT2D eigenvalue weighted by atomic mass is 19.1. The van der Waals surface area contributed by atoms with E-state index >= 15 is 4.39 Å². The van der Waals surface area contributed by atoms with Crippen LogP contribution in [0.25, 0.3) is 11.0 Å². The molecule has 2 aromatic heterocycles. The molecule has 11 heteroatoms. The summed E-state index contributed by atoms with van der Waals surface area (Å²) in [5.74, 6) is 2.65. The molecule has 1 saturated carbocycles. The minimum Gasteiger partial charge on any atom is -0.383 e. The summed E-state index contributed by atoms with van der Waals surface area (Å²) in [4.78, 5) is 16.2. The van der Waals surface area contributed by atoms with Crippen LogP contribution in [-0.2, 0) is 4.74 Å². The smallest absolute Gasteiger partial charge is 0.255 e. The molecular weight excluding hydrogens is 432 g/mol. The number of amides is 1. The van der Waals surface area contributed by atoms with Gasteiger partial charge in [0.15, 0.2) is 11.5 Å². The lowest BCUT2D eigenvalue weighted by molar-refractivity contribution is 0.100. The van der Waals surface area contributed by atoms with Gasteiger partial charge in [0.05, 0.1) is 30.1 Å². The van der Waals surface area contributed by atoms with Crippen LogP contribution in [0.1, 0.15) is 53.0 Å². The number of nitrogens with zero attached hydrogens (tertiary/aromatic N) is 4. The van der Waals surface area contributed by atoms with E-state index in [9.17, 15) is 9.18 Å². The van der Waals surface area contributed by atoms with Gasteiger partial charge in [-0.1, -0.05) is 5.92 Å². The zero-order chi connectivity index (χ0) is 23.3. The highest BCUT2D eigenvalue weighted by Gasteiger charge is 2.30. The summed E-state index contributed by atoms with van der Waals surface area (Å²) in [6.45, 7) is 1.08. The second kappa shape index (κ2) is 8.13. The third-order valence-corrected chi connectivity index (χ3v) is 6.11. The van der Waals surface area contributed by atoms with Crippen LogP contribution in [0.4, 0.5) is 14.6 Å². The fourth-order valence-corrected chi connectivity index (χ4v) is 4.35. The van der Waals surface area contributed by atoms with Crippen LogP contribution in [0.5, 0.6) is 0 Å². The van der Waals surface area contributed by atoms with Crippen LogP contribution in [-0.4, -0.2) is 51.5 Å². The second-order valence-corrected chi connectivity index (χ2v) is 8.42. The molecular formula is C22H23F2N7O2. The van der Waals surface area contributed by atoms with E-state index in [1.165, 1.54) is 17.1 Å². The van der Waals surface area contributed by atoms with Crippen LogP contribution in [0.15, 0.2) is 12.4 Å². The molecule has 2 fully saturated rings. The van der Waals surface area contributed by atoms with Crippen molar-refractivity contribution in [2.45, 2.75) is 37.4 Å². The Bertz CT molecular complexity index is 1320. The Morgan fingerprint density at radius 2 is 2.12 bits per heavy atom. The van der Waals surface area contributed by atoms with Gasteiger partial charge in [0.2, 0.25) is 0 Å². The number of rotatable bonds is 5. The van der Waals surface area contributed by atoms with Crippen molar-refractivity contribution in [2.24, 2.45) is 5.73 Å². The molecule has 1 amide bonds. The third-order valence-electron chi connectivity index (χ3n) is 6.11. The molecule has 33 heavy (non-hydrogen) atoms. The highest BCUT2D eigenvalue weighted by Crippen LogP contribution is 2.38. The van der Waals surface area contributed by atoms with Gasteiger partial charge in [-0.05, 0) is 25.2 Å². The predicted octanol–water partition coefficient (Wildman–Crippen LogP) is 1.48. The summed E-state index contributed by atoms with van der Waals surface area (Å²) in [5.41, 5.74) is 11.6. The van der Waals surface area contributed by atoms with E-state index in [4.69, 9.17) is 16.2 Å². The minimum atomic E-state index is -0.854. The zero-order valence-electron chi connectivity index (χ0n) is 17.9. The normalized spacial score (nSPS) is 20.2. The van der Waals surface area contributed by atoms with Crippen molar-refractivity contribution < 1.29 is 18.3 Å². The molecule has 1 aromatic carbocycles. The Hall–Kier alpha value is -3.49. The van der Waals surface area contributed by atoms with Crippen molar-refractivity contribution in [3.8, 4) is 11.8 Å². The molecule has 0 bridgehead atoms. The minimum absolute atomic E-state index is 0.0300. The van der Waals surface area contributed by atoms with Gasteiger partial charge >= 0.3 is 0 Å². The van der Waals surface area contributed by atoms with E-state index in [-0.39, 0.29) is 40.7 Å². The number of carbonyl (C=O) groups excluding carboxylic acids is 1. The number of anilines is 1. The van der Waals surface area contributed by atoms with Crippen LogP contribution in [0, 0.1) is 23.5 Å². The topological polar surface area (TPSA) is 126 Å². The van der Waals surface area contributed by atoms with Gasteiger partial charge < -0.3 is 26.1 Å². The maximum Gasteiger partial charge on any atom is 0.255 e. The number of benzene rings is 1. The fraction of sp³-hybridized carbons (Fsp3) is 0.409. The van der Waals surface area contributed by atoms with Gasteiger partial charge in [-0.2, -0.15) is 5.10 Å². The van der Waals surface area contributed by atoms with E-state index in [1.54, 1.807) is 11.7 Å². The third kappa shape index (κ3) is 3.71. The fourth-order valence-electron chi connectivity index (χ4n) is 4.35. The van der Waals surface area contributed by atoms with Crippen molar-refractivity contribution >= 4 is 22.8 Å². The van der Waals surface area contributed by atoms with Crippen molar-refractivity contribution in [3.63, 3.8) is 0 Å². The number of primary amides is 1. The number of aromatic nitrogens is 4. The number of ether oxygens (including phenoxy) is 1. The SMILES string of the molecule is COC[C@H]1C[C@H](n2nc(C#Cc3c(F)cc4c(ncn4C4CC4)c3F)c(C(N)=O)c2N)CN1. The summed E-state index contributed by atoms with van der Waals surface area (Å²) in [6, 6.07) is 1.43. The van der Waals surface area contributed by atoms with Gasteiger partial charge in [0, 0.05) is 31.8 Å². The maximum absolute atomic E-state index is 15.1. The van der Waals surface area contributed by atoms with Crippen LogP contribution < -0.4 is 16.8 Å².